The molecular formula is C16H18F3NO. The van der Waals surface area contributed by atoms with Gasteiger partial charge in [0.1, 0.15) is 0 Å². The third-order valence-electron chi connectivity index (χ3n) is 4.79. The van der Waals surface area contributed by atoms with E-state index in [4.69, 9.17) is 0 Å². The van der Waals surface area contributed by atoms with E-state index in [1.165, 1.54) is 25.0 Å². The van der Waals surface area contributed by atoms with Crippen molar-refractivity contribution >= 4 is 5.78 Å². The monoisotopic (exact) mass is 297 g/mol. The van der Waals surface area contributed by atoms with Gasteiger partial charge < -0.3 is 5.32 Å². The molecule has 1 aromatic rings. The number of benzene rings is 1. The number of carbonyl (C=O) groups excluding carboxylic acids is 1. The molecule has 0 aromatic heterocycles. The lowest BCUT2D eigenvalue weighted by Gasteiger charge is -2.17. The first kappa shape index (κ1) is 14.6. The zero-order chi connectivity index (χ0) is 15.0. The van der Waals surface area contributed by atoms with Crippen molar-refractivity contribution in [3.05, 3.63) is 35.4 Å². The summed E-state index contributed by atoms with van der Waals surface area (Å²) in [5, 5.41) is 3.36. The van der Waals surface area contributed by atoms with E-state index in [1.807, 2.05) is 0 Å². The Bertz CT molecular complexity index is 541. The number of fused-ring (bicyclic) bond motifs is 1. The summed E-state index contributed by atoms with van der Waals surface area (Å²) in [7, 11) is 0. The fourth-order valence-electron chi connectivity index (χ4n) is 3.71. The SMILES string of the molecule is O=C(CC1NCC2CCCC21)c1cccc(C(F)(F)F)c1. The quantitative estimate of drug-likeness (QED) is 0.863. The summed E-state index contributed by atoms with van der Waals surface area (Å²) in [6, 6.07) is 4.86. The minimum absolute atomic E-state index is 0.125. The highest BCUT2D eigenvalue weighted by Gasteiger charge is 2.39. The summed E-state index contributed by atoms with van der Waals surface area (Å²) < 4.78 is 38.1. The van der Waals surface area contributed by atoms with E-state index in [2.05, 4.69) is 5.32 Å². The van der Waals surface area contributed by atoms with E-state index >= 15 is 0 Å². The van der Waals surface area contributed by atoms with Crippen molar-refractivity contribution in [3.8, 4) is 0 Å². The second-order valence-electron chi connectivity index (χ2n) is 6.08. The van der Waals surface area contributed by atoms with E-state index in [1.54, 1.807) is 0 Å². The van der Waals surface area contributed by atoms with Gasteiger partial charge in [-0.3, -0.25) is 4.79 Å². The van der Waals surface area contributed by atoms with Crippen molar-refractivity contribution in [2.75, 3.05) is 6.54 Å². The number of ketones is 1. The molecule has 2 aliphatic rings. The van der Waals surface area contributed by atoms with Crippen LogP contribution in [-0.4, -0.2) is 18.4 Å². The maximum atomic E-state index is 12.7. The van der Waals surface area contributed by atoms with Crippen LogP contribution in [0.2, 0.25) is 0 Å². The van der Waals surface area contributed by atoms with Crippen molar-refractivity contribution in [3.63, 3.8) is 0 Å². The molecule has 1 aromatic carbocycles. The first-order valence-corrected chi connectivity index (χ1v) is 7.39. The van der Waals surface area contributed by atoms with Gasteiger partial charge in [0, 0.05) is 18.0 Å². The predicted molar refractivity (Wildman–Crippen MR) is 73.0 cm³/mol. The molecule has 3 atom stereocenters. The molecule has 1 N–H and O–H groups in total. The largest absolute Gasteiger partial charge is 0.416 e. The van der Waals surface area contributed by atoms with Gasteiger partial charge in [-0.05, 0) is 43.4 Å². The van der Waals surface area contributed by atoms with Gasteiger partial charge in [0.15, 0.2) is 5.78 Å². The van der Waals surface area contributed by atoms with Crippen molar-refractivity contribution < 1.29 is 18.0 Å². The fraction of sp³-hybridized carbons (Fsp3) is 0.562. The van der Waals surface area contributed by atoms with Crippen LogP contribution in [0.4, 0.5) is 13.2 Å². The van der Waals surface area contributed by atoms with E-state index in [0.29, 0.717) is 18.3 Å². The Morgan fingerprint density at radius 3 is 2.86 bits per heavy atom. The van der Waals surface area contributed by atoms with Gasteiger partial charge in [0.05, 0.1) is 5.56 Å². The number of hydrogen-bond donors (Lipinski definition) is 1. The topological polar surface area (TPSA) is 29.1 Å². The molecule has 114 valence electrons. The Balaban J connectivity index is 1.71. The molecule has 2 fully saturated rings. The van der Waals surface area contributed by atoms with Crippen LogP contribution in [0, 0.1) is 11.8 Å². The highest BCUT2D eigenvalue weighted by Crippen LogP contribution is 2.39. The molecule has 0 amide bonds. The smallest absolute Gasteiger partial charge is 0.313 e. The minimum atomic E-state index is -4.40. The summed E-state index contributed by atoms with van der Waals surface area (Å²) >= 11 is 0. The minimum Gasteiger partial charge on any atom is -0.313 e. The van der Waals surface area contributed by atoms with Crippen LogP contribution in [0.3, 0.4) is 0 Å². The van der Waals surface area contributed by atoms with Gasteiger partial charge in [-0.2, -0.15) is 13.2 Å². The van der Waals surface area contributed by atoms with Gasteiger partial charge in [-0.1, -0.05) is 18.6 Å². The molecule has 21 heavy (non-hydrogen) atoms. The maximum Gasteiger partial charge on any atom is 0.416 e. The Morgan fingerprint density at radius 1 is 1.29 bits per heavy atom. The van der Waals surface area contributed by atoms with Crippen LogP contribution in [0.25, 0.3) is 0 Å². The number of Topliss-reactive ketones (excluding diaryl/α,β-unsaturated/α-hetero) is 1. The molecule has 1 aliphatic carbocycles. The summed E-state index contributed by atoms with van der Waals surface area (Å²) in [6.45, 7) is 0.936. The van der Waals surface area contributed by atoms with Crippen LogP contribution in [0.5, 0.6) is 0 Å². The third-order valence-corrected chi connectivity index (χ3v) is 4.79. The average Bonchev–Trinajstić information content (AvgIpc) is 3.03. The van der Waals surface area contributed by atoms with E-state index in [9.17, 15) is 18.0 Å². The summed E-state index contributed by atoms with van der Waals surface area (Å²) in [5.74, 6) is 0.954. The maximum absolute atomic E-state index is 12.7. The molecule has 1 heterocycles. The van der Waals surface area contributed by atoms with Gasteiger partial charge in [0.2, 0.25) is 0 Å². The molecule has 1 aliphatic heterocycles. The van der Waals surface area contributed by atoms with Crippen LogP contribution < -0.4 is 5.32 Å². The standard InChI is InChI=1S/C16H18F3NO/c17-16(18,19)12-5-1-3-10(7-12)15(21)8-14-13-6-2-4-11(13)9-20-14/h1,3,5,7,11,13-14,20H,2,4,6,8-9H2. The molecule has 0 spiro atoms. The molecule has 3 unspecified atom stereocenters. The second-order valence-corrected chi connectivity index (χ2v) is 6.08. The number of rotatable bonds is 3. The van der Waals surface area contributed by atoms with Gasteiger partial charge in [-0.15, -0.1) is 0 Å². The van der Waals surface area contributed by atoms with Crippen LogP contribution >= 0.6 is 0 Å². The predicted octanol–water partition coefficient (Wildman–Crippen LogP) is 3.67. The zero-order valence-corrected chi connectivity index (χ0v) is 11.6. The summed E-state index contributed by atoms with van der Waals surface area (Å²) in [6.07, 6.45) is -0.587. The first-order valence-electron chi connectivity index (χ1n) is 7.39. The highest BCUT2D eigenvalue weighted by atomic mass is 19.4. The molecule has 1 saturated heterocycles. The fourth-order valence-corrected chi connectivity index (χ4v) is 3.71. The van der Waals surface area contributed by atoms with Crippen LogP contribution in [-0.2, 0) is 6.18 Å². The van der Waals surface area contributed by atoms with Gasteiger partial charge in [-0.25, -0.2) is 0 Å². The van der Waals surface area contributed by atoms with Gasteiger partial charge in [0.25, 0.3) is 0 Å². The highest BCUT2D eigenvalue weighted by molar-refractivity contribution is 5.96. The van der Waals surface area contributed by atoms with Crippen LogP contribution in [0.1, 0.15) is 41.6 Å². The average molecular weight is 297 g/mol. The van der Waals surface area contributed by atoms with Crippen LogP contribution in [0.15, 0.2) is 24.3 Å². The van der Waals surface area contributed by atoms with E-state index in [0.717, 1.165) is 25.1 Å². The van der Waals surface area contributed by atoms with Crippen molar-refractivity contribution in [1.29, 1.82) is 0 Å². The molecule has 0 radical (unpaired) electrons. The van der Waals surface area contributed by atoms with E-state index < -0.39 is 11.7 Å². The number of carbonyl (C=O) groups is 1. The lowest BCUT2D eigenvalue weighted by Crippen LogP contribution is -2.29. The van der Waals surface area contributed by atoms with Gasteiger partial charge >= 0.3 is 6.18 Å². The number of hydrogen-bond acceptors (Lipinski definition) is 2. The summed E-state index contributed by atoms with van der Waals surface area (Å²) in [4.78, 5) is 12.3. The normalized spacial score (nSPS) is 28.6. The van der Waals surface area contributed by atoms with Crippen molar-refractivity contribution in [1.82, 2.24) is 5.32 Å². The lowest BCUT2D eigenvalue weighted by atomic mass is 9.90. The number of halogens is 3. The zero-order valence-electron chi connectivity index (χ0n) is 11.6. The third kappa shape index (κ3) is 2.98. The molecule has 5 heteroatoms. The molecule has 2 nitrogen and oxygen atoms in total. The summed E-state index contributed by atoms with van der Waals surface area (Å²) in [5.41, 5.74) is -0.598. The molecule has 3 rings (SSSR count). The molecule has 0 bridgehead atoms. The van der Waals surface area contributed by atoms with Crippen molar-refractivity contribution in [2.45, 2.75) is 37.9 Å². The first-order chi connectivity index (χ1) is 9.95. The number of alkyl halides is 3. The Kier molecular flexibility index (Phi) is 3.78. The second kappa shape index (κ2) is 5.44. The Hall–Kier alpha value is -1.36. The Morgan fingerprint density at radius 2 is 2.10 bits per heavy atom. The van der Waals surface area contributed by atoms with Crippen molar-refractivity contribution in [2.24, 2.45) is 11.8 Å². The number of nitrogens with one attached hydrogen (secondary N) is 1. The molecule has 1 saturated carbocycles. The lowest BCUT2D eigenvalue weighted by molar-refractivity contribution is -0.137. The van der Waals surface area contributed by atoms with E-state index in [-0.39, 0.29) is 17.4 Å². The molecular weight excluding hydrogens is 279 g/mol. The Labute approximate surface area is 121 Å².